The molecule has 108 valence electrons. The summed E-state index contributed by atoms with van der Waals surface area (Å²) < 4.78 is 1.83. The van der Waals surface area contributed by atoms with Crippen LogP contribution in [0.2, 0.25) is 10.0 Å². The van der Waals surface area contributed by atoms with Crippen LogP contribution >= 0.6 is 23.2 Å². The van der Waals surface area contributed by atoms with E-state index in [4.69, 9.17) is 23.2 Å². The number of halogens is 2. The highest BCUT2D eigenvalue weighted by Gasteiger charge is 2.20. The molecule has 0 aliphatic carbocycles. The number of rotatable bonds is 5. The number of aliphatic hydroxyl groups is 1. The summed E-state index contributed by atoms with van der Waals surface area (Å²) in [6, 6.07) is 1.72. The second-order valence-corrected chi connectivity index (χ2v) is 5.28. The van der Waals surface area contributed by atoms with Crippen LogP contribution < -0.4 is 0 Å². The topological polar surface area (TPSA) is 50.9 Å². The first kappa shape index (κ1) is 15.3. The van der Waals surface area contributed by atoms with Gasteiger partial charge >= 0.3 is 0 Å². The fraction of sp³-hybridized carbons (Fsp3) is 0.429. The summed E-state index contributed by atoms with van der Waals surface area (Å²) in [5.74, 6) is 0. The number of aliphatic hydroxyl groups excluding tert-OH is 1. The molecule has 2 aromatic heterocycles. The molecule has 1 unspecified atom stereocenters. The number of aromatic nitrogens is 3. The minimum absolute atomic E-state index is 0.378. The van der Waals surface area contributed by atoms with Gasteiger partial charge in [-0.15, -0.1) is 0 Å². The summed E-state index contributed by atoms with van der Waals surface area (Å²) in [4.78, 5) is 3.92. The fourth-order valence-corrected chi connectivity index (χ4v) is 2.75. The van der Waals surface area contributed by atoms with Gasteiger partial charge in [-0.3, -0.25) is 9.67 Å². The lowest BCUT2D eigenvalue weighted by molar-refractivity contribution is 0.175. The van der Waals surface area contributed by atoms with Gasteiger partial charge in [0.15, 0.2) is 0 Å². The van der Waals surface area contributed by atoms with Crippen molar-refractivity contribution in [1.82, 2.24) is 14.8 Å². The van der Waals surface area contributed by atoms with Gasteiger partial charge in [0.25, 0.3) is 0 Å². The Bertz CT molecular complexity index is 598. The van der Waals surface area contributed by atoms with Gasteiger partial charge in [0.1, 0.15) is 0 Å². The smallest absolute Gasteiger partial charge is 0.0861 e. The molecule has 1 N–H and O–H groups in total. The number of aryl methyl sites for hydroxylation is 2. The second-order valence-electron chi connectivity index (χ2n) is 4.49. The Balaban J connectivity index is 2.30. The van der Waals surface area contributed by atoms with Crippen LogP contribution in [0.3, 0.4) is 0 Å². The maximum Gasteiger partial charge on any atom is 0.0861 e. The Morgan fingerprint density at radius 1 is 1.35 bits per heavy atom. The van der Waals surface area contributed by atoms with Crippen molar-refractivity contribution >= 4 is 23.2 Å². The third kappa shape index (κ3) is 2.97. The summed E-state index contributed by atoms with van der Waals surface area (Å²) >= 11 is 12.4. The zero-order valence-electron chi connectivity index (χ0n) is 11.5. The first-order chi connectivity index (χ1) is 9.58. The lowest BCUT2D eigenvalue weighted by Crippen LogP contribution is -2.09. The Hall–Kier alpha value is -1.10. The van der Waals surface area contributed by atoms with Crippen LogP contribution in [-0.4, -0.2) is 19.9 Å². The third-order valence-corrected chi connectivity index (χ3v) is 4.00. The summed E-state index contributed by atoms with van der Waals surface area (Å²) in [5.41, 5.74) is 2.35. The number of nitrogens with zero attached hydrogens (tertiary/aromatic N) is 3. The summed E-state index contributed by atoms with van der Waals surface area (Å²) in [7, 11) is 0. The maximum absolute atomic E-state index is 10.4. The van der Waals surface area contributed by atoms with E-state index in [0.29, 0.717) is 28.6 Å². The molecule has 0 spiro atoms. The fourth-order valence-electron chi connectivity index (χ4n) is 2.16. The molecule has 20 heavy (non-hydrogen) atoms. The van der Waals surface area contributed by atoms with Gasteiger partial charge in [0.2, 0.25) is 0 Å². The van der Waals surface area contributed by atoms with E-state index in [2.05, 4.69) is 10.1 Å². The zero-order chi connectivity index (χ0) is 14.7. The summed E-state index contributed by atoms with van der Waals surface area (Å²) in [5, 5.41) is 15.9. The van der Waals surface area contributed by atoms with E-state index >= 15 is 0 Å². The van der Waals surface area contributed by atoms with Crippen LogP contribution in [0.5, 0.6) is 0 Å². The molecule has 0 aliphatic heterocycles. The van der Waals surface area contributed by atoms with E-state index in [1.54, 1.807) is 12.3 Å². The maximum atomic E-state index is 10.4. The minimum Gasteiger partial charge on any atom is -0.388 e. The van der Waals surface area contributed by atoms with Crippen molar-refractivity contribution in [3.63, 3.8) is 0 Å². The van der Waals surface area contributed by atoms with Gasteiger partial charge in [-0.2, -0.15) is 5.10 Å². The van der Waals surface area contributed by atoms with Crippen LogP contribution in [0.1, 0.15) is 36.9 Å². The van der Waals surface area contributed by atoms with Crippen molar-refractivity contribution in [3.8, 4) is 0 Å². The average molecular weight is 314 g/mol. The van der Waals surface area contributed by atoms with Gasteiger partial charge in [0, 0.05) is 30.9 Å². The molecular weight excluding hydrogens is 297 g/mol. The van der Waals surface area contributed by atoms with Crippen molar-refractivity contribution < 1.29 is 5.11 Å². The van der Waals surface area contributed by atoms with Gasteiger partial charge in [-0.05, 0) is 19.4 Å². The predicted molar refractivity (Wildman–Crippen MR) is 80.2 cm³/mol. The Labute approximate surface area is 128 Å². The van der Waals surface area contributed by atoms with Crippen molar-refractivity contribution in [2.24, 2.45) is 0 Å². The van der Waals surface area contributed by atoms with Crippen LogP contribution in [0, 0.1) is 0 Å². The van der Waals surface area contributed by atoms with E-state index in [9.17, 15) is 5.11 Å². The standard InChI is InChI=1S/C14H17Cl2N3O/c1-3-11-14(16)12(19(4-2)18-11)7-13(20)9-5-6-17-8-10(9)15/h5-6,8,13,20H,3-4,7H2,1-2H3. The van der Waals surface area contributed by atoms with Crippen LogP contribution in [0.25, 0.3) is 0 Å². The van der Waals surface area contributed by atoms with Gasteiger partial charge < -0.3 is 5.11 Å². The first-order valence-corrected chi connectivity index (χ1v) is 7.35. The molecule has 0 saturated carbocycles. The quantitative estimate of drug-likeness (QED) is 0.920. The number of pyridine rings is 1. The average Bonchev–Trinajstić information content (AvgIpc) is 2.75. The van der Waals surface area contributed by atoms with Crippen LogP contribution in [-0.2, 0) is 19.4 Å². The monoisotopic (exact) mass is 313 g/mol. The van der Waals surface area contributed by atoms with E-state index in [1.165, 1.54) is 6.20 Å². The highest BCUT2D eigenvalue weighted by atomic mass is 35.5. The molecule has 0 bridgehead atoms. The summed E-state index contributed by atoms with van der Waals surface area (Å²) in [6.45, 7) is 4.72. The van der Waals surface area contributed by atoms with E-state index in [1.807, 2.05) is 18.5 Å². The number of hydrogen-bond acceptors (Lipinski definition) is 3. The normalized spacial score (nSPS) is 12.7. The van der Waals surface area contributed by atoms with Gasteiger partial charge in [-0.25, -0.2) is 0 Å². The molecule has 6 heteroatoms. The molecular formula is C14H17Cl2N3O. The lowest BCUT2D eigenvalue weighted by atomic mass is 10.1. The zero-order valence-corrected chi connectivity index (χ0v) is 13.0. The lowest BCUT2D eigenvalue weighted by Gasteiger charge is -2.13. The Kier molecular flexibility index (Phi) is 5.02. The first-order valence-electron chi connectivity index (χ1n) is 6.59. The molecule has 2 heterocycles. The second kappa shape index (κ2) is 6.57. The highest BCUT2D eigenvalue weighted by molar-refractivity contribution is 6.32. The molecule has 0 aliphatic rings. The molecule has 0 fully saturated rings. The third-order valence-electron chi connectivity index (χ3n) is 3.24. The largest absolute Gasteiger partial charge is 0.388 e. The minimum atomic E-state index is -0.727. The van der Waals surface area contributed by atoms with Crippen LogP contribution in [0.4, 0.5) is 0 Å². The molecule has 4 nitrogen and oxygen atoms in total. The van der Waals surface area contributed by atoms with Crippen molar-refractivity contribution in [1.29, 1.82) is 0 Å². The summed E-state index contributed by atoms with van der Waals surface area (Å²) in [6.07, 6.45) is 3.56. The van der Waals surface area contributed by atoms with Crippen molar-refractivity contribution in [3.05, 3.63) is 45.5 Å². The molecule has 2 rings (SSSR count). The molecule has 0 radical (unpaired) electrons. The molecule has 1 atom stereocenters. The van der Waals surface area contributed by atoms with Crippen molar-refractivity contribution in [2.45, 2.75) is 39.3 Å². The van der Waals surface area contributed by atoms with E-state index in [0.717, 1.165) is 17.8 Å². The molecule has 0 aromatic carbocycles. The van der Waals surface area contributed by atoms with E-state index < -0.39 is 6.10 Å². The Morgan fingerprint density at radius 3 is 2.70 bits per heavy atom. The van der Waals surface area contributed by atoms with E-state index in [-0.39, 0.29) is 0 Å². The molecule has 0 amide bonds. The van der Waals surface area contributed by atoms with Gasteiger partial charge in [0.05, 0.1) is 27.5 Å². The number of hydrogen-bond donors (Lipinski definition) is 1. The molecule has 2 aromatic rings. The SMILES string of the molecule is CCc1nn(CC)c(CC(O)c2ccncc2Cl)c1Cl. The molecule has 0 saturated heterocycles. The Morgan fingerprint density at radius 2 is 2.10 bits per heavy atom. The van der Waals surface area contributed by atoms with Crippen molar-refractivity contribution in [2.75, 3.05) is 0 Å². The highest BCUT2D eigenvalue weighted by Crippen LogP contribution is 2.29. The predicted octanol–water partition coefficient (Wildman–Crippen LogP) is 3.44. The van der Waals surface area contributed by atoms with Crippen LogP contribution in [0.15, 0.2) is 18.5 Å². The van der Waals surface area contributed by atoms with Gasteiger partial charge in [-0.1, -0.05) is 30.1 Å².